The molecule has 84 valence electrons. The molecule has 1 aromatic heterocycles. The molecule has 1 aromatic carbocycles. The maximum absolute atomic E-state index is 4.29. The first-order chi connectivity index (χ1) is 7.65. The molecule has 0 spiro atoms. The minimum absolute atomic E-state index is 0.837. The maximum atomic E-state index is 4.29. The van der Waals surface area contributed by atoms with Crippen molar-refractivity contribution >= 4 is 28.3 Å². The first-order valence-corrected chi connectivity index (χ1v) is 6.21. The second-order valence-corrected chi connectivity index (χ2v) is 5.03. The SMILES string of the molecule is Cc1nn(C)cc1NCc1ccc(I)cc1. The van der Waals surface area contributed by atoms with E-state index in [-0.39, 0.29) is 0 Å². The summed E-state index contributed by atoms with van der Waals surface area (Å²) in [4.78, 5) is 0. The molecule has 2 rings (SSSR count). The van der Waals surface area contributed by atoms with Crippen LogP contribution in [0.3, 0.4) is 0 Å². The van der Waals surface area contributed by atoms with Crippen LogP contribution in [-0.4, -0.2) is 9.78 Å². The van der Waals surface area contributed by atoms with Crippen LogP contribution in [0.25, 0.3) is 0 Å². The highest BCUT2D eigenvalue weighted by atomic mass is 127. The fourth-order valence-electron chi connectivity index (χ4n) is 1.57. The topological polar surface area (TPSA) is 29.9 Å². The van der Waals surface area contributed by atoms with Gasteiger partial charge in [-0.1, -0.05) is 12.1 Å². The van der Waals surface area contributed by atoms with Gasteiger partial charge in [0.05, 0.1) is 11.4 Å². The average Bonchev–Trinajstić information content (AvgIpc) is 2.57. The molecule has 0 aliphatic carbocycles. The zero-order chi connectivity index (χ0) is 11.5. The molecular formula is C12H14IN3. The highest BCUT2D eigenvalue weighted by Gasteiger charge is 2.01. The fourth-order valence-corrected chi connectivity index (χ4v) is 1.93. The van der Waals surface area contributed by atoms with Gasteiger partial charge >= 0.3 is 0 Å². The lowest BCUT2D eigenvalue weighted by molar-refractivity contribution is 0.756. The van der Waals surface area contributed by atoms with E-state index in [0.717, 1.165) is 17.9 Å². The quantitative estimate of drug-likeness (QED) is 0.879. The number of rotatable bonds is 3. The minimum Gasteiger partial charge on any atom is -0.378 e. The average molecular weight is 327 g/mol. The molecule has 0 atom stereocenters. The molecule has 0 amide bonds. The van der Waals surface area contributed by atoms with Crippen molar-refractivity contribution < 1.29 is 0 Å². The Balaban J connectivity index is 2.02. The monoisotopic (exact) mass is 327 g/mol. The van der Waals surface area contributed by atoms with Crippen LogP contribution in [0.4, 0.5) is 5.69 Å². The van der Waals surface area contributed by atoms with E-state index in [4.69, 9.17) is 0 Å². The van der Waals surface area contributed by atoms with Gasteiger partial charge in [-0.15, -0.1) is 0 Å². The summed E-state index contributed by atoms with van der Waals surface area (Å²) in [5, 5.41) is 7.67. The van der Waals surface area contributed by atoms with Gasteiger partial charge in [-0.2, -0.15) is 5.10 Å². The predicted molar refractivity (Wildman–Crippen MR) is 74.4 cm³/mol. The van der Waals surface area contributed by atoms with Crippen molar-refractivity contribution in [2.45, 2.75) is 13.5 Å². The highest BCUT2D eigenvalue weighted by molar-refractivity contribution is 14.1. The second-order valence-electron chi connectivity index (χ2n) is 3.78. The number of nitrogens with one attached hydrogen (secondary N) is 1. The zero-order valence-electron chi connectivity index (χ0n) is 9.37. The summed E-state index contributed by atoms with van der Waals surface area (Å²) in [6, 6.07) is 8.52. The molecule has 16 heavy (non-hydrogen) atoms. The molecule has 0 radical (unpaired) electrons. The largest absolute Gasteiger partial charge is 0.378 e. The van der Waals surface area contributed by atoms with E-state index in [1.54, 1.807) is 0 Å². The Labute approximate surface area is 109 Å². The molecule has 1 heterocycles. The van der Waals surface area contributed by atoms with Crippen molar-refractivity contribution in [2.75, 3.05) is 5.32 Å². The normalized spacial score (nSPS) is 10.4. The fraction of sp³-hybridized carbons (Fsp3) is 0.250. The summed E-state index contributed by atoms with van der Waals surface area (Å²) < 4.78 is 3.09. The smallest absolute Gasteiger partial charge is 0.0825 e. The van der Waals surface area contributed by atoms with E-state index < -0.39 is 0 Å². The second kappa shape index (κ2) is 4.86. The summed E-state index contributed by atoms with van der Waals surface area (Å²) in [5.41, 5.74) is 3.41. The first kappa shape index (κ1) is 11.4. The number of hydrogen-bond donors (Lipinski definition) is 1. The van der Waals surface area contributed by atoms with Crippen molar-refractivity contribution in [3.05, 3.63) is 45.3 Å². The van der Waals surface area contributed by atoms with Crippen LogP contribution in [0, 0.1) is 10.5 Å². The van der Waals surface area contributed by atoms with Crippen LogP contribution in [0.5, 0.6) is 0 Å². The van der Waals surface area contributed by atoms with E-state index in [1.165, 1.54) is 9.13 Å². The van der Waals surface area contributed by atoms with Gasteiger partial charge in [0.25, 0.3) is 0 Å². The van der Waals surface area contributed by atoms with E-state index in [9.17, 15) is 0 Å². The summed E-state index contributed by atoms with van der Waals surface area (Å²) in [6.45, 7) is 2.85. The Morgan fingerprint density at radius 3 is 2.56 bits per heavy atom. The van der Waals surface area contributed by atoms with Crippen LogP contribution in [0.1, 0.15) is 11.3 Å². The lowest BCUT2D eigenvalue weighted by Crippen LogP contribution is -1.99. The molecule has 0 unspecified atom stereocenters. The molecule has 4 heteroatoms. The molecule has 0 aliphatic heterocycles. The van der Waals surface area contributed by atoms with Crippen molar-refractivity contribution in [2.24, 2.45) is 7.05 Å². The van der Waals surface area contributed by atoms with Crippen LogP contribution in [0.2, 0.25) is 0 Å². The lowest BCUT2D eigenvalue weighted by atomic mass is 10.2. The number of halogens is 1. The van der Waals surface area contributed by atoms with Gasteiger partial charge in [-0.3, -0.25) is 4.68 Å². The van der Waals surface area contributed by atoms with Crippen molar-refractivity contribution in [3.8, 4) is 0 Å². The van der Waals surface area contributed by atoms with Gasteiger partial charge in [0.2, 0.25) is 0 Å². The molecule has 0 bridgehead atoms. The van der Waals surface area contributed by atoms with Crippen molar-refractivity contribution in [1.82, 2.24) is 9.78 Å². The predicted octanol–water partition coefficient (Wildman–Crippen LogP) is 2.95. The number of aryl methyl sites for hydroxylation is 2. The van der Waals surface area contributed by atoms with Gasteiger partial charge in [-0.05, 0) is 47.2 Å². The number of nitrogens with zero attached hydrogens (tertiary/aromatic N) is 2. The number of aromatic nitrogens is 2. The molecule has 2 aromatic rings. The van der Waals surface area contributed by atoms with E-state index in [0.29, 0.717) is 0 Å². The Morgan fingerprint density at radius 1 is 1.31 bits per heavy atom. The third-order valence-electron chi connectivity index (χ3n) is 2.41. The first-order valence-electron chi connectivity index (χ1n) is 5.14. The van der Waals surface area contributed by atoms with Gasteiger partial charge in [-0.25, -0.2) is 0 Å². The van der Waals surface area contributed by atoms with E-state index in [2.05, 4.69) is 57.3 Å². The highest BCUT2D eigenvalue weighted by Crippen LogP contribution is 2.13. The van der Waals surface area contributed by atoms with E-state index in [1.807, 2.05) is 24.9 Å². The third kappa shape index (κ3) is 2.75. The van der Waals surface area contributed by atoms with Crippen LogP contribution >= 0.6 is 22.6 Å². The molecule has 0 saturated heterocycles. The number of anilines is 1. The summed E-state index contributed by atoms with van der Waals surface area (Å²) in [5.74, 6) is 0. The molecular weight excluding hydrogens is 313 g/mol. The van der Waals surface area contributed by atoms with E-state index >= 15 is 0 Å². The van der Waals surface area contributed by atoms with Gasteiger partial charge in [0, 0.05) is 23.4 Å². The zero-order valence-corrected chi connectivity index (χ0v) is 11.5. The molecule has 0 aliphatic rings. The van der Waals surface area contributed by atoms with Crippen LogP contribution in [0.15, 0.2) is 30.5 Å². The summed E-state index contributed by atoms with van der Waals surface area (Å²) >= 11 is 2.31. The van der Waals surface area contributed by atoms with Crippen molar-refractivity contribution in [1.29, 1.82) is 0 Å². The van der Waals surface area contributed by atoms with Gasteiger partial charge in [0.15, 0.2) is 0 Å². The molecule has 3 nitrogen and oxygen atoms in total. The standard InChI is InChI=1S/C12H14IN3/c1-9-12(8-16(2)15-9)14-7-10-3-5-11(13)6-4-10/h3-6,8,14H,7H2,1-2H3. The number of hydrogen-bond acceptors (Lipinski definition) is 2. The Bertz CT molecular complexity index is 474. The molecule has 0 fully saturated rings. The lowest BCUT2D eigenvalue weighted by Gasteiger charge is -2.04. The Kier molecular flexibility index (Phi) is 3.48. The summed E-state index contributed by atoms with van der Waals surface area (Å²) in [6.07, 6.45) is 2.00. The maximum Gasteiger partial charge on any atom is 0.0825 e. The van der Waals surface area contributed by atoms with Crippen molar-refractivity contribution in [3.63, 3.8) is 0 Å². The Hall–Kier alpha value is -1.04. The van der Waals surface area contributed by atoms with Crippen LogP contribution in [-0.2, 0) is 13.6 Å². The molecule has 0 saturated carbocycles. The minimum atomic E-state index is 0.837. The third-order valence-corrected chi connectivity index (χ3v) is 3.13. The van der Waals surface area contributed by atoms with Crippen LogP contribution < -0.4 is 5.32 Å². The van der Waals surface area contributed by atoms with Gasteiger partial charge < -0.3 is 5.32 Å². The number of benzene rings is 1. The van der Waals surface area contributed by atoms with Gasteiger partial charge in [0.1, 0.15) is 0 Å². The molecule has 1 N–H and O–H groups in total. The summed E-state index contributed by atoms with van der Waals surface area (Å²) in [7, 11) is 1.93. The Morgan fingerprint density at radius 2 is 2.00 bits per heavy atom.